The van der Waals surface area contributed by atoms with Crippen molar-refractivity contribution >= 4 is 5.91 Å². The first-order valence-corrected chi connectivity index (χ1v) is 4.98. The number of aromatic nitrogens is 2. The fraction of sp³-hybridized carbons (Fsp3) is 0.500. The molecule has 1 heterocycles. The van der Waals surface area contributed by atoms with Crippen LogP contribution in [0.3, 0.4) is 0 Å². The van der Waals surface area contributed by atoms with Crippen LogP contribution in [-0.4, -0.2) is 57.3 Å². The molecule has 0 saturated heterocycles. The lowest BCUT2D eigenvalue weighted by Gasteiger charge is -2.19. The van der Waals surface area contributed by atoms with E-state index in [0.717, 1.165) is 5.69 Å². The molecular weight excluding hydrogens is 210 g/mol. The zero-order valence-electron chi connectivity index (χ0n) is 9.13. The standard InChI is InChI=1S/C10H15N3O3/c1-8-6-12-9(7-11-8)10(16)13(2-4-14)3-5-15/h6-7,14-15H,2-5H2,1H3. The fourth-order valence-electron chi connectivity index (χ4n) is 1.22. The van der Waals surface area contributed by atoms with Gasteiger partial charge in [0, 0.05) is 19.3 Å². The predicted molar refractivity (Wildman–Crippen MR) is 56.8 cm³/mol. The van der Waals surface area contributed by atoms with Crippen molar-refractivity contribution in [2.75, 3.05) is 26.3 Å². The van der Waals surface area contributed by atoms with Crippen molar-refractivity contribution in [3.63, 3.8) is 0 Å². The Morgan fingerprint density at radius 1 is 1.25 bits per heavy atom. The Hall–Kier alpha value is -1.53. The normalized spacial score (nSPS) is 10.2. The third kappa shape index (κ3) is 3.25. The van der Waals surface area contributed by atoms with E-state index in [0.29, 0.717) is 0 Å². The van der Waals surface area contributed by atoms with Gasteiger partial charge in [-0.2, -0.15) is 0 Å². The van der Waals surface area contributed by atoms with E-state index < -0.39 is 0 Å². The van der Waals surface area contributed by atoms with Crippen LogP contribution in [0, 0.1) is 6.92 Å². The molecule has 1 aromatic rings. The molecule has 0 atom stereocenters. The number of hydrogen-bond acceptors (Lipinski definition) is 5. The Labute approximate surface area is 93.6 Å². The maximum atomic E-state index is 11.8. The van der Waals surface area contributed by atoms with Crippen LogP contribution >= 0.6 is 0 Å². The van der Waals surface area contributed by atoms with Crippen molar-refractivity contribution in [2.45, 2.75) is 6.92 Å². The van der Waals surface area contributed by atoms with Crippen LogP contribution in [0.1, 0.15) is 16.2 Å². The average Bonchev–Trinajstić information content (AvgIpc) is 2.29. The van der Waals surface area contributed by atoms with Gasteiger partial charge in [0.05, 0.1) is 25.1 Å². The third-order valence-corrected chi connectivity index (χ3v) is 2.03. The second kappa shape index (κ2) is 6.14. The van der Waals surface area contributed by atoms with Gasteiger partial charge < -0.3 is 15.1 Å². The summed E-state index contributed by atoms with van der Waals surface area (Å²) in [5.74, 6) is -0.337. The van der Waals surface area contributed by atoms with Crippen LogP contribution in [0.2, 0.25) is 0 Å². The lowest BCUT2D eigenvalue weighted by atomic mass is 10.3. The Morgan fingerprint density at radius 2 is 1.88 bits per heavy atom. The summed E-state index contributed by atoms with van der Waals surface area (Å²) in [6, 6.07) is 0. The lowest BCUT2D eigenvalue weighted by molar-refractivity contribution is 0.0678. The largest absolute Gasteiger partial charge is 0.395 e. The number of aliphatic hydroxyl groups excluding tert-OH is 2. The summed E-state index contributed by atoms with van der Waals surface area (Å²) >= 11 is 0. The molecule has 0 radical (unpaired) electrons. The van der Waals surface area contributed by atoms with Crippen LogP contribution in [-0.2, 0) is 0 Å². The number of rotatable bonds is 5. The van der Waals surface area contributed by atoms with Gasteiger partial charge in [0.25, 0.3) is 5.91 Å². The minimum Gasteiger partial charge on any atom is -0.395 e. The van der Waals surface area contributed by atoms with Crippen LogP contribution in [0.25, 0.3) is 0 Å². The topological polar surface area (TPSA) is 86.6 Å². The second-order valence-corrected chi connectivity index (χ2v) is 3.28. The summed E-state index contributed by atoms with van der Waals surface area (Å²) < 4.78 is 0. The zero-order valence-corrected chi connectivity index (χ0v) is 9.13. The van der Waals surface area contributed by atoms with Gasteiger partial charge in [0.15, 0.2) is 0 Å². The van der Waals surface area contributed by atoms with Gasteiger partial charge in [-0.3, -0.25) is 9.78 Å². The molecule has 0 aromatic carbocycles. The molecule has 0 aliphatic heterocycles. The fourth-order valence-corrected chi connectivity index (χ4v) is 1.22. The average molecular weight is 225 g/mol. The minimum absolute atomic E-state index is 0.148. The molecule has 2 N–H and O–H groups in total. The highest BCUT2D eigenvalue weighted by Gasteiger charge is 2.16. The number of aryl methyl sites for hydroxylation is 1. The maximum Gasteiger partial charge on any atom is 0.274 e. The van der Waals surface area contributed by atoms with E-state index >= 15 is 0 Å². The van der Waals surface area contributed by atoms with Gasteiger partial charge in [-0.25, -0.2) is 4.98 Å². The van der Waals surface area contributed by atoms with Gasteiger partial charge in [-0.1, -0.05) is 0 Å². The van der Waals surface area contributed by atoms with Crippen LogP contribution in [0.4, 0.5) is 0 Å². The Balaban J connectivity index is 2.77. The molecule has 88 valence electrons. The van der Waals surface area contributed by atoms with Crippen LogP contribution in [0.5, 0.6) is 0 Å². The Morgan fingerprint density at radius 3 is 2.31 bits per heavy atom. The van der Waals surface area contributed by atoms with E-state index in [1.807, 2.05) is 0 Å². The number of carbonyl (C=O) groups excluding carboxylic acids is 1. The Bertz CT molecular complexity index is 334. The van der Waals surface area contributed by atoms with Gasteiger partial charge in [-0.15, -0.1) is 0 Å². The quantitative estimate of drug-likeness (QED) is 0.686. The first-order valence-electron chi connectivity index (χ1n) is 4.98. The minimum atomic E-state index is -0.337. The molecule has 0 spiro atoms. The molecule has 16 heavy (non-hydrogen) atoms. The van der Waals surface area contributed by atoms with E-state index in [4.69, 9.17) is 10.2 Å². The second-order valence-electron chi connectivity index (χ2n) is 3.28. The van der Waals surface area contributed by atoms with Crippen molar-refractivity contribution in [1.29, 1.82) is 0 Å². The number of carbonyl (C=O) groups is 1. The molecule has 1 aromatic heterocycles. The SMILES string of the molecule is Cc1cnc(C(=O)N(CCO)CCO)cn1. The van der Waals surface area contributed by atoms with E-state index in [1.54, 1.807) is 6.92 Å². The number of nitrogens with zero attached hydrogens (tertiary/aromatic N) is 3. The van der Waals surface area contributed by atoms with Crippen molar-refractivity contribution in [3.8, 4) is 0 Å². The molecule has 0 fully saturated rings. The van der Waals surface area contributed by atoms with Crippen molar-refractivity contribution < 1.29 is 15.0 Å². The highest BCUT2D eigenvalue weighted by atomic mass is 16.3. The van der Waals surface area contributed by atoms with E-state index in [9.17, 15) is 4.79 Å². The van der Waals surface area contributed by atoms with Crippen molar-refractivity contribution in [2.24, 2.45) is 0 Å². The monoisotopic (exact) mass is 225 g/mol. The van der Waals surface area contributed by atoms with E-state index in [2.05, 4.69) is 9.97 Å². The molecule has 6 heteroatoms. The summed E-state index contributed by atoms with van der Waals surface area (Å²) in [6.45, 7) is 1.83. The first kappa shape index (κ1) is 12.5. The van der Waals surface area contributed by atoms with Gasteiger partial charge in [0.2, 0.25) is 0 Å². The summed E-state index contributed by atoms with van der Waals surface area (Å²) in [7, 11) is 0. The molecular formula is C10H15N3O3. The Kier molecular flexibility index (Phi) is 4.81. The molecule has 1 amide bonds. The molecule has 0 bridgehead atoms. The van der Waals surface area contributed by atoms with Gasteiger partial charge in [0.1, 0.15) is 5.69 Å². The molecule has 0 unspecified atom stereocenters. The summed E-state index contributed by atoms with van der Waals surface area (Å²) in [5.41, 5.74) is 0.944. The highest BCUT2D eigenvalue weighted by Crippen LogP contribution is 2.00. The molecule has 6 nitrogen and oxygen atoms in total. The smallest absolute Gasteiger partial charge is 0.274 e. The molecule has 0 saturated carbocycles. The van der Waals surface area contributed by atoms with E-state index in [1.165, 1.54) is 17.3 Å². The van der Waals surface area contributed by atoms with Crippen LogP contribution in [0.15, 0.2) is 12.4 Å². The number of hydrogen-bond donors (Lipinski definition) is 2. The van der Waals surface area contributed by atoms with Crippen LogP contribution < -0.4 is 0 Å². The predicted octanol–water partition coefficient (Wildman–Crippen LogP) is -0.788. The lowest BCUT2D eigenvalue weighted by Crippen LogP contribution is -2.36. The van der Waals surface area contributed by atoms with Gasteiger partial charge in [-0.05, 0) is 6.92 Å². The third-order valence-electron chi connectivity index (χ3n) is 2.03. The van der Waals surface area contributed by atoms with Gasteiger partial charge >= 0.3 is 0 Å². The number of amides is 1. The van der Waals surface area contributed by atoms with E-state index in [-0.39, 0.29) is 37.9 Å². The maximum absolute atomic E-state index is 11.8. The molecule has 1 rings (SSSR count). The molecule has 0 aliphatic rings. The summed E-state index contributed by atoms with van der Waals surface area (Å²) in [5, 5.41) is 17.6. The highest BCUT2D eigenvalue weighted by molar-refractivity contribution is 5.91. The summed E-state index contributed by atoms with van der Waals surface area (Å²) in [6.07, 6.45) is 2.89. The zero-order chi connectivity index (χ0) is 12.0. The van der Waals surface area contributed by atoms with Crippen molar-refractivity contribution in [3.05, 3.63) is 23.8 Å². The van der Waals surface area contributed by atoms with Crippen molar-refractivity contribution in [1.82, 2.24) is 14.9 Å². The summed E-state index contributed by atoms with van der Waals surface area (Å²) in [4.78, 5) is 21.1. The first-order chi connectivity index (χ1) is 7.69. The molecule has 0 aliphatic carbocycles. The number of aliphatic hydroxyl groups is 2.